The first kappa shape index (κ1) is 10.7. The van der Waals surface area contributed by atoms with Gasteiger partial charge in [-0.3, -0.25) is 4.79 Å². The van der Waals surface area contributed by atoms with Crippen molar-refractivity contribution in [2.75, 3.05) is 13.6 Å². The molecule has 0 unspecified atom stereocenters. The first-order chi connectivity index (χ1) is 7.63. The van der Waals surface area contributed by atoms with Gasteiger partial charge in [-0.15, -0.1) is 0 Å². The molecule has 4 heteroatoms. The van der Waals surface area contributed by atoms with Gasteiger partial charge in [0.15, 0.2) is 0 Å². The second-order valence-corrected chi connectivity index (χ2v) is 3.70. The Labute approximate surface area is 92.9 Å². The maximum Gasteiger partial charge on any atom is 0.270 e. The van der Waals surface area contributed by atoms with E-state index in [-0.39, 0.29) is 11.7 Å². The average Bonchev–Trinajstić information content (AvgIpc) is 2.72. The Morgan fingerprint density at radius 1 is 1.50 bits per heavy atom. The number of benzene rings is 1. The highest BCUT2D eigenvalue weighted by molar-refractivity contribution is 5.98. The number of aromatic amines is 1. The maximum absolute atomic E-state index is 13.4. The van der Waals surface area contributed by atoms with E-state index in [1.165, 1.54) is 6.07 Å². The fourth-order valence-corrected chi connectivity index (χ4v) is 1.58. The third-order valence-electron chi connectivity index (χ3n) is 2.66. The normalized spacial score (nSPS) is 10.7. The Kier molecular flexibility index (Phi) is 2.64. The van der Waals surface area contributed by atoms with Crippen LogP contribution in [0, 0.1) is 5.82 Å². The lowest BCUT2D eigenvalue weighted by molar-refractivity contribution is 0.0797. The van der Waals surface area contributed by atoms with Crippen LogP contribution in [0.25, 0.3) is 10.9 Å². The zero-order valence-corrected chi connectivity index (χ0v) is 9.25. The van der Waals surface area contributed by atoms with Crippen LogP contribution < -0.4 is 0 Å². The summed E-state index contributed by atoms with van der Waals surface area (Å²) in [5.74, 6) is -0.440. The van der Waals surface area contributed by atoms with Crippen molar-refractivity contribution in [2.24, 2.45) is 0 Å². The van der Waals surface area contributed by atoms with Crippen LogP contribution in [0.4, 0.5) is 4.39 Å². The van der Waals surface area contributed by atoms with Gasteiger partial charge in [0.1, 0.15) is 11.5 Å². The van der Waals surface area contributed by atoms with Gasteiger partial charge in [0, 0.05) is 24.5 Å². The molecule has 2 aromatic rings. The van der Waals surface area contributed by atoms with Crippen molar-refractivity contribution >= 4 is 16.8 Å². The molecule has 1 aromatic heterocycles. The van der Waals surface area contributed by atoms with Crippen molar-refractivity contribution in [3.63, 3.8) is 0 Å². The van der Waals surface area contributed by atoms with E-state index < -0.39 is 0 Å². The van der Waals surface area contributed by atoms with E-state index >= 15 is 0 Å². The molecule has 16 heavy (non-hydrogen) atoms. The summed E-state index contributed by atoms with van der Waals surface area (Å²) < 4.78 is 13.4. The SMILES string of the molecule is CCN(C)C(=O)c1cc2c(F)cccc2[nH]1. The van der Waals surface area contributed by atoms with Gasteiger partial charge in [-0.25, -0.2) is 4.39 Å². The first-order valence-corrected chi connectivity index (χ1v) is 5.16. The van der Waals surface area contributed by atoms with Crippen molar-refractivity contribution < 1.29 is 9.18 Å². The van der Waals surface area contributed by atoms with E-state index in [0.717, 1.165) is 0 Å². The van der Waals surface area contributed by atoms with Crippen molar-refractivity contribution in [1.82, 2.24) is 9.88 Å². The molecule has 0 saturated carbocycles. The van der Waals surface area contributed by atoms with Crippen LogP contribution in [0.15, 0.2) is 24.3 Å². The van der Waals surface area contributed by atoms with Gasteiger partial charge in [0.05, 0.1) is 0 Å². The summed E-state index contributed by atoms with van der Waals surface area (Å²) in [6.07, 6.45) is 0. The Balaban J connectivity index is 2.48. The smallest absolute Gasteiger partial charge is 0.270 e. The number of nitrogens with one attached hydrogen (secondary N) is 1. The predicted molar refractivity (Wildman–Crippen MR) is 60.9 cm³/mol. The van der Waals surface area contributed by atoms with Gasteiger partial charge in [-0.05, 0) is 25.1 Å². The zero-order valence-electron chi connectivity index (χ0n) is 9.25. The van der Waals surface area contributed by atoms with Crippen LogP contribution in [0.1, 0.15) is 17.4 Å². The summed E-state index contributed by atoms with van der Waals surface area (Å²) >= 11 is 0. The van der Waals surface area contributed by atoms with Crippen molar-refractivity contribution in [3.05, 3.63) is 35.8 Å². The van der Waals surface area contributed by atoms with Crippen molar-refractivity contribution in [3.8, 4) is 0 Å². The monoisotopic (exact) mass is 220 g/mol. The highest BCUT2D eigenvalue weighted by Crippen LogP contribution is 2.19. The molecule has 1 amide bonds. The highest BCUT2D eigenvalue weighted by Gasteiger charge is 2.14. The molecule has 0 radical (unpaired) electrons. The number of halogens is 1. The molecule has 0 aliphatic heterocycles. The third-order valence-corrected chi connectivity index (χ3v) is 2.66. The van der Waals surface area contributed by atoms with E-state index in [1.54, 1.807) is 30.1 Å². The fourth-order valence-electron chi connectivity index (χ4n) is 1.58. The molecule has 0 fully saturated rings. The van der Waals surface area contributed by atoms with Gasteiger partial charge in [0.2, 0.25) is 0 Å². The summed E-state index contributed by atoms with van der Waals surface area (Å²) in [7, 11) is 1.71. The van der Waals surface area contributed by atoms with Crippen LogP contribution in [0.5, 0.6) is 0 Å². The summed E-state index contributed by atoms with van der Waals surface area (Å²) in [5, 5.41) is 0.454. The number of fused-ring (bicyclic) bond motifs is 1. The number of amides is 1. The second-order valence-electron chi connectivity index (χ2n) is 3.70. The highest BCUT2D eigenvalue weighted by atomic mass is 19.1. The molecule has 2 rings (SSSR count). The minimum absolute atomic E-state index is 0.127. The van der Waals surface area contributed by atoms with E-state index in [9.17, 15) is 9.18 Å². The molecule has 0 atom stereocenters. The van der Waals surface area contributed by atoms with Crippen molar-refractivity contribution in [1.29, 1.82) is 0 Å². The first-order valence-electron chi connectivity index (χ1n) is 5.16. The van der Waals surface area contributed by atoms with Crippen LogP contribution in [0.2, 0.25) is 0 Å². The molecular formula is C12H13FN2O. The number of rotatable bonds is 2. The lowest BCUT2D eigenvalue weighted by atomic mass is 10.2. The molecule has 84 valence electrons. The van der Waals surface area contributed by atoms with Gasteiger partial charge in [-0.1, -0.05) is 6.07 Å². The summed E-state index contributed by atoms with van der Waals surface area (Å²) in [5.41, 5.74) is 1.07. The number of hydrogen-bond acceptors (Lipinski definition) is 1. The molecule has 3 nitrogen and oxygen atoms in total. The summed E-state index contributed by atoms with van der Waals surface area (Å²) in [6, 6.07) is 6.31. The summed E-state index contributed by atoms with van der Waals surface area (Å²) in [6.45, 7) is 2.51. The van der Waals surface area contributed by atoms with Crippen LogP contribution in [0.3, 0.4) is 0 Å². The van der Waals surface area contributed by atoms with E-state index in [4.69, 9.17) is 0 Å². The molecule has 1 heterocycles. The van der Waals surface area contributed by atoms with Crippen LogP contribution >= 0.6 is 0 Å². The number of nitrogens with zero attached hydrogens (tertiary/aromatic N) is 1. The maximum atomic E-state index is 13.4. The summed E-state index contributed by atoms with van der Waals surface area (Å²) in [4.78, 5) is 16.3. The Morgan fingerprint density at radius 2 is 2.25 bits per heavy atom. The van der Waals surface area contributed by atoms with Gasteiger partial charge >= 0.3 is 0 Å². The zero-order chi connectivity index (χ0) is 11.7. The molecule has 0 bridgehead atoms. The van der Waals surface area contributed by atoms with Crippen LogP contribution in [-0.4, -0.2) is 29.4 Å². The topological polar surface area (TPSA) is 36.1 Å². The number of carbonyl (C=O) groups excluding carboxylic acids is 1. The lowest BCUT2D eigenvalue weighted by Gasteiger charge is -2.12. The second kappa shape index (κ2) is 3.96. The van der Waals surface area contributed by atoms with Gasteiger partial charge < -0.3 is 9.88 Å². The lowest BCUT2D eigenvalue weighted by Crippen LogP contribution is -2.26. The molecule has 0 spiro atoms. The largest absolute Gasteiger partial charge is 0.350 e. The average molecular weight is 220 g/mol. The van der Waals surface area contributed by atoms with Crippen LogP contribution in [-0.2, 0) is 0 Å². The Bertz CT molecular complexity index is 533. The number of hydrogen-bond donors (Lipinski definition) is 1. The number of carbonyl (C=O) groups is 1. The minimum Gasteiger partial charge on any atom is -0.350 e. The van der Waals surface area contributed by atoms with Gasteiger partial charge in [-0.2, -0.15) is 0 Å². The van der Waals surface area contributed by atoms with Gasteiger partial charge in [0.25, 0.3) is 5.91 Å². The van der Waals surface area contributed by atoms with E-state index in [1.807, 2.05) is 6.92 Å². The van der Waals surface area contributed by atoms with Crippen molar-refractivity contribution in [2.45, 2.75) is 6.92 Å². The van der Waals surface area contributed by atoms with E-state index in [2.05, 4.69) is 4.98 Å². The third kappa shape index (κ3) is 1.66. The fraction of sp³-hybridized carbons (Fsp3) is 0.250. The minimum atomic E-state index is -0.313. The molecule has 1 aromatic carbocycles. The number of H-pyrrole nitrogens is 1. The number of aromatic nitrogens is 1. The molecule has 1 N–H and O–H groups in total. The molecule has 0 saturated heterocycles. The predicted octanol–water partition coefficient (Wildman–Crippen LogP) is 2.40. The standard InChI is InChI=1S/C12H13FN2O/c1-3-15(2)12(16)11-7-8-9(13)5-4-6-10(8)14-11/h4-7,14H,3H2,1-2H3. The molecule has 0 aliphatic rings. The van der Waals surface area contributed by atoms with E-state index in [0.29, 0.717) is 23.1 Å². The Morgan fingerprint density at radius 3 is 2.88 bits per heavy atom. The Hall–Kier alpha value is -1.84. The molecular weight excluding hydrogens is 207 g/mol. The quantitative estimate of drug-likeness (QED) is 0.828. The molecule has 0 aliphatic carbocycles.